The van der Waals surface area contributed by atoms with Gasteiger partial charge in [-0.25, -0.2) is 9.59 Å². The minimum absolute atomic E-state index is 0.156. The molecule has 2 bridgehead atoms. The largest absolute Gasteiger partial charge is 0.237 e. The molecule has 3 aliphatic rings. The van der Waals surface area contributed by atoms with Gasteiger partial charge in [0.05, 0.1) is 0 Å². The first kappa shape index (κ1) is 10.3. The van der Waals surface area contributed by atoms with E-state index in [0.29, 0.717) is 12.3 Å². The van der Waals surface area contributed by atoms with E-state index in [9.17, 15) is 9.59 Å². The summed E-state index contributed by atoms with van der Waals surface area (Å²) in [5.74, 6) is 0.543. The topological polar surface area (TPSA) is 58.9 Å². The lowest BCUT2D eigenvalue weighted by atomic mass is 9.56. The zero-order valence-corrected chi connectivity index (χ0v) is 8.82. The Morgan fingerprint density at radius 2 is 1.67 bits per heavy atom. The highest BCUT2D eigenvalue weighted by Gasteiger charge is 2.56. The lowest BCUT2D eigenvalue weighted by molar-refractivity contribution is -0.00711. The van der Waals surface area contributed by atoms with Crippen molar-refractivity contribution in [3.05, 3.63) is 0 Å². The molecule has 3 fully saturated rings. The van der Waals surface area contributed by atoms with E-state index in [1.54, 1.807) is 12.2 Å². The number of fused-ring (bicyclic) bond motifs is 3. The van der Waals surface area contributed by atoms with E-state index in [0.717, 1.165) is 25.7 Å². The maximum absolute atomic E-state index is 10.5. The van der Waals surface area contributed by atoms with Gasteiger partial charge in [-0.2, -0.15) is 9.98 Å². The van der Waals surface area contributed by atoms with Crippen LogP contribution in [0, 0.1) is 11.3 Å². The zero-order chi connectivity index (χ0) is 10.9. The summed E-state index contributed by atoms with van der Waals surface area (Å²) in [5.41, 5.74) is -1.02. The normalized spacial score (nSPS) is 42.9. The van der Waals surface area contributed by atoms with Crippen LogP contribution in [0.5, 0.6) is 0 Å². The van der Waals surface area contributed by atoms with Crippen LogP contribution in [-0.2, 0) is 9.59 Å². The van der Waals surface area contributed by atoms with Crippen molar-refractivity contribution >= 4 is 12.2 Å². The van der Waals surface area contributed by atoms with Crippen LogP contribution >= 0.6 is 0 Å². The zero-order valence-electron chi connectivity index (χ0n) is 8.82. The van der Waals surface area contributed by atoms with Crippen LogP contribution in [0.25, 0.3) is 0 Å². The van der Waals surface area contributed by atoms with E-state index < -0.39 is 5.66 Å². The smallest absolute Gasteiger partial charge is 0.211 e. The van der Waals surface area contributed by atoms with Crippen molar-refractivity contribution in [1.82, 2.24) is 0 Å². The third-order valence-corrected chi connectivity index (χ3v) is 4.21. The van der Waals surface area contributed by atoms with E-state index in [-0.39, 0.29) is 5.41 Å². The first-order valence-electron chi connectivity index (χ1n) is 5.34. The second-order valence-electron chi connectivity index (χ2n) is 4.93. The Bertz CT molecular complexity index is 339. The highest BCUT2D eigenvalue weighted by molar-refractivity contribution is 5.40. The van der Waals surface area contributed by atoms with Crippen molar-refractivity contribution in [3.63, 3.8) is 0 Å². The molecule has 0 unspecified atom stereocenters. The summed E-state index contributed by atoms with van der Waals surface area (Å²) in [6.07, 6.45) is 8.12. The summed E-state index contributed by atoms with van der Waals surface area (Å²) in [6.45, 7) is 2.06. The Morgan fingerprint density at radius 3 is 2.07 bits per heavy atom. The molecule has 80 valence electrons. The number of aliphatic imine (C=N–C) groups is 2. The first-order chi connectivity index (χ1) is 7.16. The van der Waals surface area contributed by atoms with E-state index in [1.165, 1.54) is 0 Å². The molecule has 3 aliphatic carbocycles. The summed E-state index contributed by atoms with van der Waals surface area (Å²) >= 11 is 0. The van der Waals surface area contributed by atoms with Crippen molar-refractivity contribution in [3.8, 4) is 0 Å². The molecular formula is C11H14N2O2. The monoisotopic (exact) mass is 206 g/mol. The minimum Gasteiger partial charge on any atom is -0.211 e. The van der Waals surface area contributed by atoms with Crippen LogP contribution in [0.4, 0.5) is 0 Å². The number of isocyanates is 2. The number of rotatable bonds is 2. The maximum Gasteiger partial charge on any atom is 0.237 e. The van der Waals surface area contributed by atoms with Crippen LogP contribution in [0.3, 0.4) is 0 Å². The third kappa shape index (κ3) is 1.38. The van der Waals surface area contributed by atoms with Crippen LogP contribution < -0.4 is 0 Å². The SMILES string of the molecule is CC12CCC(CC1)CC2(N=C=O)N=C=O. The van der Waals surface area contributed by atoms with Gasteiger partial charge in [-0.3, -0.25) is 0 Å². The van der Waals surface area contributed by atoms with E-state index in [1.807, 2.05) is 0 Å². The Labute approximate surface area is 88.5 Å². The molecule has 0 radical (unpaired) electrons. The van der Waals surface area contributed by atoms with Crippen LogP contribution in [-0.4, -0.2) is 17.8 Å². The molecule has 0 heterocycles. The second-order valence-corrected chi connectivity index (χ2v) is 4.93. The Kier molecular flexibility index (Phi) is 2.34. The molecule has 0 aromatic rings. The maximum atomic E-state index is 10.5. The van der Waals surface area contributed by atoms with Crippen LogP contribution in [0.1, 0.15) is 39.0 Å². The van der Waals surface area contributed by atoms with Crippen molar-refractivity contribution in [2.45, 2.75) is 44.7 Å². The van der Waals surface area contributed by atoms with Gasteiger partial charge in [-0.1, -0.05) is 6.92 Å². The fourth-order valence-corrected chi connectivity index (χ4v) is 3.11. The summed E-state index contributed by atoms with van der Waals surface area (Å²) in [6, 6.07) is 0. The Balaban J connectivity index is 2.47. The van der Waals surface area contributed by atoms with Crippen molar-refractivity contribution < 1.29 is 9.59 Å². The molecule has 15 heavy (non-hydrogen) atoms. The average molecular weight is 206 g/mol. The fourth-order valence-electron chi connectivity index (χ4n) is 3.11. The van der Waals surface area contributed by atoms with Gasteiger partial charge in [0, 0.05) is 5.41 Å². The molecule has 4 nitrogen and oxygen atoms in total. The predicted molar refractivity (Wildman–Crippen MR) is 53.7 cm³/mol. The molecule has 4 heteroatoms. The summed E-state index contributed by atoms with van der Waals surface area (Å²) in [4.78, 5) is 28.6. The summed E-state index contributed by atoms with van der Waals surface area (Å²) in [5, 5.41) is 0. The summed E-state index contributed by atoms with van der Waals surface area (Å²) < 4.78 is 0. The van der Waals surface area contributed by atoms with Gasteiger partial charge < -0.3 is 0 Å². The number of carbonyl (C=O) groups excluding carboxylic acids is 2. The number of hydrogen-bond acceptors (Lipinski definition) is 4. The van der Waals surface area contributed by atoms with Gasteiger partial charge in [0.1, 0.15) is 0 Å². The third-order valence-electron chi connectivity index (χ3n) is 4.21. The van der Waals surface area contributed by atoms with Gasteiger partial charge in [-0.05, 0) is 38.0 Å². The standard InChI is InChI=1S/C11H14N2O2/c1-10-4-2-9(3-5-10)6-11(10,12-7-14)13-8-15/h9H,2-6H2,1H3. The minimum atomic E-state index is -0.863. The fraction of sp³-hybridized carbons (Fsp3) is 0.818. The van der Waals surface area contributed by atoms with Crippen LogP contribution in [0.15, 0.2) is 9.98 Å². The quantitative estimate of drug-likeness (QED) is 0.512. The average Bonchev–Trinajstić information content (AvgIpc) is 2.21. The van der Waals surface area contributed by atoms with E-state index >= 15 is 0 Å². The van der Waals surface area contributed by atoms with Gasteiger partial charge in [0.15, 0.2) is 5.66 Å². The molecule has 3 rings (SSSR count). The summed E-state index contributed by atoms with van der Waals surface area (Å²) in [7, 11) is 0. The lowest BCUT2D eigenvalue weighted by Crippen LogP contribution is -2.52. The molecule has 0 saturated heterocycles. The van der Waals surface area contributed by atoms with Gasteiger partial charge in [-0.15, -0.1) is 0 Å². The second kappa shape index (κ2) is 3.41. The van der Waals surface area contributed by atoms with Gasteiger partial charge >= 0.3 is 0 Å². The molecule has 0 amide bonds. The van der Waals surface area contributed by atoms with E-state index in [2.05, 4.69) is 16.9 Å². The predicted octanol–water partition coefficient (Wildman–Crippen LogP) is 1.95. The first-order valence-corrected chi connectivity index (χ1v) is 5.34. The van der Waals surface area contributed by atoms with E-state index in [4.69, 9.17) is 0 Å². The van der Waals surface area contributed by atoms with Crippen LogP contribution in [0.2, 0.25) is 0 Å². The highest BCUT2D eigenvalue weighted by atomic mass is 16.1. The molecule has 0 atom stereocenters. The molecule has 0 N–H and O–H groups in total. The van der Waals surface area contributed by atoms with Crippen molar-refractivity contribution in [2.75, 3.05) is 0 Å². The highest BCUT2D eigenvalue weighted by Crippen LogP contribution is 2.57. The molecule has 0 aromatic heterocycles. The molecule has 3 saturated carbocycles. The van der Waals surface area contributed by atoms with Crippen molar-refractivity contribution in [2.24, 2.45) is 21.3 Å². The molecule has 0 spiro atoms. The lowest BCUT2D eigenvalue weighted by Gasteiger charge is -2.52. The van der Waals surface area contributed by atoms with Gasteiger partial charge in [0.2, 0.25) is 12.2 Å². The van der Waals surface area contributed by atoms with Crippen molar-refractivity contribution in [1.29, 1.82) is 0 Å². The molecule has 0 aromatic carbocycles. The Hall–Kier alpha value is -1.24. The number of nitrogens with zero attached hydrogens (tertiary/aromatic N) is 2. The Morgan fingerprint density at radius 1 is 1.13 bits per heavy atom. The molecular weight excluding hydrogens is 192 g/mol. The number of hydrogen-bond donors (Lipinski definition) is 0. The molecule has 0 aliphatic heterocycles. The van der Waals surface area contributed by atoms with Gasteiger partial charge in [0.25, 0.3) is 0 Å².